The van der Waals surface area contributed by atoms with E-state index < -0.39 is 0 Å². The summed E-state index contributed by atoms with van der Waals surface area (Å²) in [5, 5.41) is -0.260. The molecule has 0 heterocycles. The van der Waals surface area contributed by atoms with Gasteiger partial charge in [-0.25, -0.2) is 0 Å². The Bertz CT molecular complexity index is 207. The Morgan fingerprint density at radius 1 is 1.36 bits per heavy atom. The van der Waals surface area contributed by atoms with Crippen LogP contribution in [0.2, 0.25) is 0 Å². The third kappa shape index (κ3) is 8.07. The SMILES string of the molecule is CC(=O)OC(CC(=O)S)C[N+](C)(C)C. The van der Waals surface area contributed by atoms with Gasteiger partial charge in [-0.1, -0.05) is 0 Å². The second kappa shape index (κ2) is 5.36. The highest BCUT2D eigenvalue weighted by molar-refractivity contribution is 7.96. The lowest BCUT2D eigenvalue weighted by Crippen LogP contribution is -2.43. The van der Waals surface area contributed by atoms with Gasteiger partial charge in [-0.15, -0.1) is 12.6 Å². The Hall–Kier alpha value is -0.550. The van der Waals surface area contributed by atoms with Gasteiger partial charge in [0, 0.05) is 6.92 Å². The quantitative estimate of drug-likeness (QED) is 0.416. The number of carbonyl (C=O) groups is 2. The number of rotatable bonds is 5. The minimum Gasteiger partial charge on any atom is -0.456 e. The first-order valence-corrected chi connectivity index (χ1v) is 4.85. The summed E-state index contributed by atoms with van der Waals surface area (Å²) in [6.07, 6.45) is -0.212. The first kappa shape index (κ1) is 13.4. The molecule has 0 fully saturated rings. The van der Waals surface area contributed by atoms with Gasteiger partial charge in [0.25, 0.3) is 0 Å². The fourth-order valence-corrected chi connectivity index (χ4v) is 1.39. The molecule has 0 aliphatic heterocycles. The zero-order chi connectivity index (χ0) is 11.4. The number of esters is 1. The van der Waals surface area contributed by atoms with Crippen LogP contribution in [0.5, 0.6) is 0 Å². The fourth-order valence-electron chi connectivity index (χ4n) is 1.18. The number of nitrogens with zero attached hydrogens (tertiary/aromatic N) is 1. The van der Waals surface area contributed by atoms with Crippen LogP contribution in [0.25, 0.3) is 0 Å². The van der Waals surface area contributed by atoms with Gasteiger partial charge in [0.1, 0.15) is 6.54 Å². The molecule has 0 aliphatic carbocycles. The zero-order valence-electron chi connectivity index (χ0n) is 9.11. The van der Waals surface area contributed by atoms with Gasteiger partial charge in [0.15, 0.2) is 11.2 Å². The maximum absolute atomic E-state index is 10.8. The maximum Gasteiger partial charge on any atom is 0.303 e. The summed E-state index contributed by atoms with van der Waals surface area (Å²) < 4.78 is 5.65. The number of thiol groups is 1. The Morgan fingerprint density at radius 3 is 2.14 bits per heavy atom. The number of hydrogen-bond donors (Lipinski definition) is 1. The Morgan fingerprint density at radius 2 is 1.86 bits per heavy atom. The van der Waals surface area contributed by atoms with Crippen molar-refractivity contribution >= 4 is 23.7 Å². The van der Waals surface area contributed by atoms with Crippen molar-refractivity contribution in [2.45, 2.75) is 19.4 Å². The van der Waals surface area contributed by atoms with Crippen molar-refractivity contribution in [3.05, 3.63) is 0 Å². The second-order valence-corrected chi connectivity index (χ2v) is 4.80. The van der Waals surface area contributed by atoms with E-state index in [9.17, 15) is 9.59 Å². The number of ether oxygens (including phenoxy) is 1. The molecule has 0 aromatic heterocycles. The van der Waals surface area contributed by atoms with Gasteiger partial charge >= 0.3 is 5.97 Å². The van der Waals surface area contributed by atoms with Crippen LogP contribution in [-0.2, 0) is 14.3 Å². The van der Waals surface area contributed by atoms with Gasteiger partial charge in [-0.05, 0) is 0 Å². The van der Waals surface area contributed by atoms with E-state index in [4.69, 9.17) is 4.74 Å². The third-order valence-electron chi connectivity index (χ3n) is 1.49. The summed E-state index contributed by atoms with van der Waals surface area (Å²) in [6, 6.07) is 0. The second-order valence-electron chi connectivity index (χ2n) is 4.30. The highest BCUT2D eigenvalue weighted by Crippen LogP contribution is 2.06. The molecule has 0 saturated carbocycles. The van der Waals surface area contributed by atoms with Gasteiger partial charge in [-0.3, -0.25) is 9.59 Å². The molecule has 4 nitrogen and oxygen atoms in total. The number of likely N-dealkylation sites (N-methyl/N-ethyl adjacent to an activating group) is 1. The molecule has 0 amide bonds. The standard InChI is InChI=1S/C9H17NO3S/c1-7(11)13-8(5-9(12)14)6-10(2,3)4/h8H,5-6H2,1-4H3/p+1. The summed E-state index contributed by atoms with van der Waals surface area (Å²) in [5.41, 5.74) is 0. The van der Waals surface area contributed by atoms with Gasteiger partial charge < -0.3 is 9.22 Å². The topological polar surface area (TPSA) is 43.4 Å². The monoisotopic (exact) mass is 220 g/mol. The first-order valence-electron chi connectivity index (χ1n) is 4.40. The van der Waals surface area contributed by atoms with E-state index in [2.05, 4.69) is 12.6 Å². The molecule has 0 aromatic rings. The van der Waals surface area contributed by atoms with Crippen molar-refractivity contribution in [1.29, 1.82) is 0 Å². The summed E-state index contributed by atoms with van der Waals surface area (Å²) >= 11 is 3.67. The van der Waals surface area contributed by atoms with Crippen LogP contribution in [0.15, 0.2) is 0 Å². The number of quaternary nitrogens is 1. The van der Waals surface area contributed by atoms with Crippen LogP contribution < -0.4 is 0 Å². The van der Waals surface area contributed by atoms with E-state index in [0.717, 1.165) is 0 Å². The van der Waals surface area contributed by atoms with E-state index in [-0.39, 0.29) is 23.6 Å². The van der Waals surface area contributed by atoms with Gasteiger partial charge in [-0.2, -0.15) is 0 Å². The lowest BCUT2D eigenvalue weighted by molar-refractivity contribution is -0.873. The minimum absolute atomic E-state index is 0.165. The molecule has 0 radical (unpaired) electrons. The van der Waals surface area contributed by atoms with Crippen LogP contribution in [0.3, 0.4) is 0 Å². The molecule has 0 bridgehead atoms. The van der Waals surface area contributed by atoms with Crippen molar-refractivity contribution in [2.24, 2.45) is 0 Å². The Kier molecular flexibility index (Phi) is 5.15. The van der Waals surface area contributed by atoms with Crippen LogP contribution in [-0.4, -0.2) is 49.4 Å². The molecule has 5 heteroatoms. The summed E-state index contributed by atoms with van der Waals surface area (Å²) in [4.78, 5) is 21.5. The molecule has 0 N–H and O–H groups in total. The average Bonchev–Trinajstić information content (AvgIpc) is 1.77. The molecule has 14 heavy (non-hydrogen) atoms. The molecular formula is C9H18NO3S+. The van der Waals surface area contributed by atoms with Gasteiger partial charge in [0.05, 0.1) is 27.6 Å². The first-order chi connectivity index (χ1) is 6.20. The highest BCUT2D eigenvalue weighted by Gasteiger charge is 2.22. The molecule has 82 valence electrons. The van der Waals surface area contributed by atoms with Crippen LogP contribution >= 0.6 is 12.6 Å². The van der Waals surface area contributed by atoms with Gasteiger partial charge in [0.2, 0.25) is 0 Å². The molecule has 0 aromatic carbocycles. The minimum atomic E-state index is -0.377. The lowest BCUT2D eigenvalue weighted by Gasteiger charge is -2.28. The molecule has 0 aliphatic rings. The number of hydrogen-bond acceptors (Lipinski definition) is 3. The van der Waals surface area contributed by atoms with Crippen LogP contribution in [0.1, 0.15) is 13.3 Å². The van der Waals surface area contributed by atoms with E-state index in [1.165, 1.54) is 6.92 Å². The number of carbonyl (C=O) groups excluding carboxylic acids is 2. The van der Waals surface area contributed by atoms with Crippen molar-refractivity contribution in [3.63, 3.8) is 0 Å². The van der Waals surface area contributed by atoms with Crippen molar-refractivity contribution < 1.29 is 18.8 Å². The van der Waals surface area contributed by atoms with Crippen LogP contribution in [0.4, 0.5) is 0 Å². The molecule has 0 spiro atoms. The molecular weight excluding hydrogens is 202 g/mol. The van der Waals surface area contributed by atoms with E-state index in [1.54, 1.807) is 0 Å². The fraction of sp³-hybridized carbons (Fsp3) is 0.778. The van der Waals surface area contributed by atoms with E-state index >= 15 is 0 Å². The van der Waals surface area contributed by atoms with Crippen molar-refractivity contribution in [2.75, 3.05) is 27.7 Å². The largest absolute Gasteiger partial charge is 0.456 e. The molecule has 1 unspecified atom stereocenters. The molecule has 1 atom stereocenters. The highest BCUT2D eigenvalue weighted by atomic mass is 32.1. The zero-order valence-corrected chi connectivity index (χ0v) is 10.0. The Labute approximate surface area is 90.2 Å². The molecule has 0 rings (SSSR count). The average molecular weight is 220 g/mol. The Balaban J connectivity index is 4.24. The lowest BCUT2D eigenvalue weighted by atomic mass is 10.2. The predicted molar refractivity (Wildman–Crippen MR) is 57.1 cm³/mol. The summed E-state index contributed by atoms with van der Waals surface area (Å²) in [5.74, 6) is -0.363. The summed E-state index contributed by atoms with van der Waals surface area (Å²) in [6.45, 7) is 1.94. The maximum atomic E-state index is 10.8. The molecule has 0 saturated heterocycles. The van der Waals surface area contributed by atoms with Crippen molar-refractivity contribution in [3.8, 4) is 0 Å². The normalized spacial score (nSPS) is 13.5. The predicted octanol–water partition coefficient (Wildman–Crippen LogP) is 0.471. The summed E-state index contributed by atoms with van der Waals surface area (Å²) in [7, 11) is 5.92. The van der Waals surface area contributed by atoms with E-state index in [1.807, 2.05) is 21.1 Å². The van der Waals surface area contributed by atoms with E-state index in [0.29, 0.717) is 11.0 Å². The van der Waals surface area contributed by atoms with Crippen LogP contribution in [0, 0.1) is 0 Å². The smallest absolute Gasteiger partial charge is 0.303 e. The third-order valence-corrected chi connectivity index (χ3v) is 1.67. The van der Waals surface area contributed by atoms with Crippen molar-refractivity contribution in [1.82, 2.24) is 0 Å².